The lowest BCUT2D eigenvalue weighted by atomic mass is 9.65. The number of allylic oxidation sites excluding steroid dienone is 6. The molecule has 2 nitrogen and oxygen atoms in total. The van der Waals surface area contributed by atoms with E-state index in [2.05, 4.69) is 39.0 Å². The highest BCUT2D eigenvalue weighted by atomic mass is 14.5. The zero-order valence-corrected chi connectivity index (χ0v) is 11.5. The van der Waals surface area contributed by atoms with Gasteiger partial charge in [-0.15, -0.1) is 0 Å². The molecule has 2 aliphatic rings. The number of hydrogen-bond donors (Lipinski definition) is 2. The van der Waals surface area contributed by atoms with Crippen molar-refractivity contribution in [2.75, 3.05) is 5.73 Å². The topological polar surface area (TPSA) is 49.9 Å². The van der Waals surface area contributed by atoms with Gasteiger partial charge in [-0.1, -0.05) is 26.0 Å². The van der Waals surface area contributed by atoms with Gasteiger partial charge < -0.3 is 11.1 Å². The molecule has 0 amide bonds. The van der Waals surface area contributed by atoms with Crippen LogP contribution < -0.4 is 5.73 Å². The average Bonchev–Trinajstić information content (AvgIpc) is 2.36. The van der Waals surface area contributed by atoms with Crippen LogP contribution in [-0.2, 0) is 5.41 Å². The van der Waals surface area contributed by atoms with Gasteiger partial charge in [-0.3, -0.25) is 0 Å². The summed E-state index contributed by atoms with van der Waals surface area (Å²) in [6.45, 7) is 6.55. The summed E-state index contributed by atoms with van der Waals surface area (Å²) in [5.74, 6) is 0. The van der Waals surface area contributed by atoms with Crippen molar-refractivity contribution in [3.05, 3.63) is 58.7 Å². The van der Waals surface area contributed by atoms with Crippen LogP contribution in [0.2, 0.25) is 0 Å². The Kier molecular flexibility index (Phi) is 2.33. The minimum absolute atomic E-state index is 0.114. The largest absolute Gasteiger partial charge is 0.399 e. The summed E-state index contributed by atoms with van der Waals surface area (Å²) in [4.78, 5) is 0. The normalized spacial score (nSPS) is 19.9. The predicted molar refractivity (Wildman–Crippen MR) is 81.4 cm³/mol. The van der Waals surface area contributed by atoms with Gasteiger partial charge in [-0.05, 0) is 59.1 Å². The van der Waals surface area contributed by atoms with Crippen LogP contribution in [0.3, 0.4) is 0 Å². The van der Waals surface area contributed by atoms with Crippen LogP contribution in [0.15, 0.2) is 47.6 Å². The van der Waals surface area contributed by atoms with Gasteiger partial charge in [0.25, 0.3) is 0 Å². The molecule has 0 radical (unpaired) electrons. The highest BCUT2D eigenvalue weighted by Crippen LogP contribution is 2.47. The Bertz CT molecular complexity index is 685. The van der Waals surface area contributed by atoms with E-state index in [-0.39, 0.29) is 5.41 Å². The number of anilines is 1. The number of benzene rings is 1. The Morgan fingerprint density at radius 2 is 1.89 bits per heavy atom. The maximum absolute atomic E-state index is 7.87. The molecular formula is C17H18N2. The first-order valence-corrected chi connectivity index (χ1v) is 6.51. The minimum Gasteiger partial charge on any atom is -0.399 e. The van der Waals surface area contributed by atoms with Crippen molar-refractivity contribution in [3.8, 4) is 0 Å². The maximum atomic E-state index is 7.87. The fourth-order valence-electron chi connectivity index (χ4n) is 3.08. The van der Waals surface area contributed by atoms with Crippen molar-refractivity contribution in [2.45, 2.75) is 26.2 Å². The van der Waals surface area contributed by atoms with Crippen LogP contribution in [0.1, 0.15) is 31.9 Å². The lowest BCUT2D eigenvalue weighted by molar-refractivity contribution is 0.626. The summed E-state index contributed by atoms with van der Waals surface area (Å²) in [5, 5.41) is 7.87. The molecule has 2 aliphatic carbocycles. The standard InChI is InChI=1S/C17H18N2/c1-10-13-6-4-11(18)8-15(13)17(2,3)16-9-12(19)5-7-14(10)16/h4-9,18H,19H2,1-3H3. The molecular weight excluding hydrogens is 232 g/mol. The lowest BCUT2D eigenvalue weighted by Gasteiger charge is -2.38. The van der Waals surface area contributed by atoms with Crippen molar-refractivity contribution in [1.29, 1.82) is 5.41 Å². The van der Waals surface area contributed by atoms with Crippen LogP contribution in [0.25, 0.3) is 5.57 Å². The molecule has 3 rings (SSSR count). The molecule has 0 spiro atoms. The van der Waals surface area contributed by atoms with Crippen LogP contribution >= 0.6 is 0 Å². The van der Waals surface area contributed by atoms with Crippen molar-refractivity contribution in [3.63, 3.8) is 0 Å². The van der Waals surface area contributed by atoms with E-state index in [1.54, 1.807) is 0 Å². The van der Waals surface area contributed by atoms with Gasteiger partial charge in [-0.25, -0.2) is 0 Å². The summed E-state index contributed by atoms with van der Waals surface area (Å²) >= 11 is 0. The molecule has 0 aliphatic heterocycles. The van der Waals surface area contributed by atoms with Gasteiger partial charge in [0, 0.05) is 11.1 Å². The van der Waals surface area contributed by atoms with Crippen LogP contribution in [-0.4, -0.2) is 5.71 Å². The summed E-state index contributed by atoms with van der Waals surface area (Å²) in [6.07, 6.45) is 5.90. The van der Waals surface area contributed by atoms with Crippen LogP contribution in [0.5, 0.6) is 0 Å². The molecule has 0 heterocycles. The smallest absolute Gasteiger partial charge is 0.0543 e. The molecule has 0 bridgehead atoms. The molecule has 96 valence electrons. The van der Waals surface area contributed by atoms with Gasteiger partial charge in [0.15, 0.2) is 0 Å². The van der Waals surface area contributed by atoms with E-state index in [1.165, 1.54) is 27.8 Å². The third-order valence-electron chi connectivity index (χ3n) is 4.22. The first kappa shape index (κ1) is 12.0. The quantitative estimate of drug-likeness (QED) is 0.675. The third-order valence-corrected chi connectivity index (χ3v) is 4.22. The number of hydrogen-bond acceptors (Lipinski definition) is 2. The second kappa shape index (κ2) is 3.70. The van der Waals surface area contributed by atoms with Gasteiger partial charge in [0.05, 0.1) is 5.71 Å². The van der Waals surface area contributed by atoms with Crippen LogP contribution in [0, 0.1) is 5.41 Å². The molecule has 0 saturated heterocycles. The number of nitrogens with one attached hydrogen (secondary N) is 1. The molecule has 0 unspecified atom stereocenters. The van der Waals surface area contributed by atoms with E-state index in [0.717, 1.165) is 5.69 Å². The number of nitrogens with two attached hydrogens (primary N) is 1. The average molecular weight is 250 g/mol. The second-order valence-corrected chi connectivity index (χ2v) is 5.82. The predicted octanol–water partition coefficient (Wildman–Crippen LogP) is 3.85. The van der Waals surface area contributed by atoms with E-state index < -0.39 is 0 Å². The third kappa shape index (κ3) is 1.60. The molecule has 1 aromatic rings. The van der Waals surface area contributed by atoms with Crippen molar-refractivity contribution in [2.24, 2.45) is 0 Å². The van der Waals surface area contributed by atoms with E-state index in [1.807, 2.05) is 18.2 Å². The molecule has 1 aromatic carbocycles. The van der Waals surface area contributed by atoms with Crippen LogP contribution in [0.4, 0.5) is 5.69 Å². The molecule has 0 aromatic heterocycles. The summed E-state index contributed by atoms with van der Waals surface area (Å²) in [7, 11) is 0. The van der Waals surface area contributed by atoms with Gasteiger partial charge in [0.1, 0.15) is 0 Å². The molecule has 0 fully saturated rings. The maximum Gasteiger partial charge on any atom is 0.0543 e. The summed E-state index contributed by atoms with van der Waals surface area (Å²) in [6, 6.07) is 6.14. The fraction of sp³-hybridized carbons (Fsp3) is 0.235. The Labute approximate surface area is 113 Å². The van der Waals surface area contributed by atoms with Gasteiger partial charge in [-0.2, -0.15) is 0 Å². The van der Waals surface area contributed by atoms with E-state index in [9.17, 15) is 0 Å². The van der Waals surface area contributed by atoms with E-state index in [0.29, 0.717) is 5.71 Å². The zero-order valence-electron chi connectivity index (χ0n) is 11.5. The van der Waals surface area contributed by atoms with E-state index >= 15 is 0 Å². The number of fused-ring (bicyclic) bond motifs is 2. The SMILES string of the molecule is CC1=C2C=CC(=N)C=C2C(C)(C)c2cc(N)ccc21. The fourth-order valence-corrected chi connectivity index (χ4v) is 3.08. The Balaban J connectivity index is 2.37. The Hall–Kier alpha value is -2.09. The molecule has 2 heteroatoms. The zero-order chi connectivity index (χ0) is 13.8. The lowest BCUT2D eigenvalue weighted by Crippen LogP contribution is -2.28. The summed E-state index contributed by atoms with van der Waals surface area (Å²) in [5.41, 5.74) is 13.5. The van der Waals surface area contributed by atoms with Crippen molar-refractivity contribution < 1.29 is 0 Å². The Morgan fingerprint density at radius 1 is 1.16 bits per heavy atom. The minimum atomic E-state index is -0.114. The highest BCUT2D eigenvalue weighted by molar-refractivity contribution is 6.06. The molecule has 3 N–H and O–H groups in total. The number of rotatable bonds is 0. The Morgan fingerprint density at radius 3 is 2.63 bits per heavy atom. The van der Waals surface area contributed by atoms with Gasteiger partial charge in [0.2, 0.25) is 0 Å². The highest BCUT2D eigenvalue weighted by Gasteiger charge is 2.35. The first-order chi connectivity index (χ1) is 8.91. The second-order valence-electron chi connectivity index (χ2n) is 5.82. The van der Waals surface area contributed by atoms with E-state index in [4.69, 9.17) is 11.1 Å². The number of nitrogen functional groups attached to an aromatic ring is 1. The molecule has 0 saturated carbocycles. The van der Waals surface area contributed by atoms with Gasteiger partial charge >= 0.3 is 0 Å². The monoisotopic (exact) mass is 250 g/mol. The van der Waals surface area contributed by atoms with Crippen molar-refractivity contribution >= 4 is 17.0 Å². The first-order valence-electron chi connectivity index (χ1n) is 6.51. The van der Waals surface area contributed by atoms with Crippen molar-refractivity contribution in [1.82, 2.24) is 0 Å². The molecule has 0 atom stereocenters. The summed E-state index contributed by atoms with van der Waals surface area (Å²) < 4.78 is 0. The molecule has 19 heavy (non-hydrogen) atoms.